The number of carbonyl (C=O) groups is 1. The largest absolute Gasteiger partial charge is 0.360 e. The molecule has 0 bridgehead atoms. The molecule has 1 saturated carbocycles. The molecule has 2 fully saturated rings. The second kappa shape index (κ2) is 7.91. The summed E-state index contributed by atoms with van der Waals surface area (Å²) < 4.78 is 32.9. The van der Waals surface area contributed by atoms with Gasteiger partial charge in [0.1, 0.15) is 5.76 Å². The minimum Gasteiger partial charge on any atom is -0.360 e. The lowest BCUT2D eigenvalue weighted by atomic mass is 10.0. The molecule has 0 radical (unpaired) electrons. The molecular formula is C21H27N3O4S. The Morgan fingerprint density at radius 1 is 1.24 bits per heavy atom. The van der Waals surface area contributed by atoms with Gasteiger partial charge in [0, 0.05) is 30.6 Å². The first kappa shape index (κ1) is 20.1. The molecule has 0 spiro atoms. The highest BCUT2D eigenvalue weighted by molar-refractivity contribution is 7.89. The van der Waals surface area contributed by atoms with Crippen LogP contribution in [0.2, 0.25) is 0 Å². The van der Waals surface area contributed by atoms with Gasteiger partial charge in [-0.1, -0.05) is 24.2 Å². The van der Waals surface area contributed by atoms with E-state index in [1.165, 1.54) is 4.31 Å². The summed E-state index contributed by atoms with van der Waals surface area (Å²) in [7, 11) is -3.55. The van der Waals surface area contributed by atoms with E-state index in [9.17, 15) is 13.2 Å². The number of aromatic nitrogens is 1. The zero-order valence-corrected chi connectivity index (χ0v) is 17.6. The van der Waals surface area contributed by atoms with Crippen LogP contribution in [-0.4, -0.2) is 42.4 Å². The van der Waals surface area contributed by atoms with Crippen molar-refractivity contribution in [1.82, 2.24) is 14.8 Å². The fraction of sp³-hybridized carbons (Fsp3) is 0.524. The predicted octanol–water partition coefficient (Wildman–Crippen LogP) is 3.09. The molecule has 2 aromatic rings. The van der Waals surface area contributed by atoms with Gasteiger partial charge in [0.2, 0.25) is 10.0 Å². The second-order valence-corrected chi connectivity index (χ2v) is 9.94. The van der Waals surface area contributed by atoms with Crippen molar-refractivity contribution in [1.29, 1.82) is 0 Å². The number of hydrogen-bond donors (Lipinski definition) is 1. The molecule has 1 aromatic heterocycles. The van der Waals surface area contributed by atoms with Gasteiger partial charge in [-0.25, -0.2) is 8.42 Å². The topological polar surface area (TPSA) is 92.5 Å². The van der Waals surface area contributed by atoms with E-state index in [4.69, 9.17) is 4.52 Å². The maximum Gasteiger partial charge on any atom is 0.273 e. The van der Waals surface area contributed by atoms with Crippen molar-refractivity contribution in [3.8, 4) is 0 Å². The molecule has 156 valence electrons. The molecule has 8 heteroatoms. The lowest BCUT2D eigenvalue weighted by Gasteiger charge is -2.36. The highest BCUT2D eigenvalue weighted by Crippen LogP contribution is 2.40. The Bertz CT molecular complexity index is 980. The molecule has 29 heavy (non-hydrogen) atoms. The van der Waals surface area contributed by atoms with Crippen molar-refractivity contribution >= 4 is 15.9 Å². The van der Waals surface area contributed by atoms with E-state index >= 15 is 0 Å². The van der Waals surface area contributed by atoms with Crippen LogP contribution in [0, 0.1) is 0 Å². The van der Waals surface area contributed by atoms with Crippen LogP contribution < -0.4 is 5.32 Å². The van der Waals surface area contributed by atoms with Gasteiger partial charge in [-0.15, -0.1) is 0 Å². The van der Waals surface area contributed by atoms with Crippen LogP contribution in [-0.2, 0) is 16.4 Å². The van der Waals surface area contributed by atoms with Crippen LogP contribution in [0.25, 0.3) is 0 Å². The number of piperidine rings is 1. The van der Waals surface area contributed by atoms with Crippen molar-refractivity contribution in [3.63, 3.8) is 0 Å². The van der Waals surface area contributed by atoms with Crippen molar-refractivity contribution in [2.75, 3.05) is 6.54 Å². The minimum absolute atomic E-state index is 0.0903. The quantitative estimate of drug-likeness (QED) is 0.780. The Kier molecular flexibility index (Phi) is 5.48. The lowest BCUT2D eigenvalue weighted by molar-refractivity contribution is 0.0905. The Labute approximate surface area is 171 Å². The van der Waals surface area contributed by atoms with Gasteiger partial charge < -0.3 is 9.84 Å². The Hall–Kier alpha value is -2.19. The molecule has 1 N–H and O–H groups in total. The van der Waals surface area contributed by atoms with Gasteiger partial charge in [0.25, 0.3) is 5.91 Å². The number of nitrogens with one attached hydrogen (secondary N) is 1. The minimum atomic E-state index is -3.55. The zero-order chi connectivity index (χ0) is 20.6. The van der Waals surface area contributed by atoms with Crippen LogP contribution in [0.4, 0.5) is 0 Å². The molecule has 2 heterocycles. The number of rotatable bonds is 6. The molecule has 7 nitrogen and oxygen atoms in total. The highest BCUT2D eigenvalue weighted by Gasteiger charge is 2.35. The number of aryl methyl sites for hydroxylation is 1. The van der Waals surface area contributed by atoms with E-state index in [1.54, 1.807) is 18.2 Å². The first-order chi connectivity index (χ1) is 13.9. The lowest BCUT2D eigenvalue weighted by Crippen LogP contribution is -2.50. The van der Waals surface area contributed by atoms with Crippen LogP contribution >= 0.6 is 0 Å². The van der Waals surface area contributed by atoms with E-state index in [0.29, 0.717) is 35.9 Å². The summed E-state index contributed by atoms with van der Waals surface area (Å²) in [5.41, 5.74) is 1.40. The van der Waals surface area contributed by atoms with E-state index in [2.05, 4.69) is 10.5 Å². The number of benzene rings is 1. The number of carbonyl (C=O) groups excluding carboxylic acids is 1. The number of nitrogens with zero attached hydrogens (tertiary/aromatic N) is 2. The van der Waals surface area contributed by atoms with Crippen molar-refractivity contribution < 1.29 is 17.7 Å². The summed E-state index contributed by atoms with van der Waals surface area (Å²) in [5, 5.41) is 6.86. The molecule has 1 aromatic carbocycles. The number of hydrogen-bond acceptors (Lipinski definition) is 5. The Morgan fingerprint density at radius 3 is 2.59 bits per heavy atom. The maximum absolute atomic E-state index is 13.0. The monoisotopic (exact) mass is 417 g/mol. The number of amides is 1. The third-order valence-electron chi connectivity index (χ3n) is 5.83. The summed E-state index contributed by atoms with van der Waals surface area (Å²) in [6.07, 6.45) is 4.17. The molecule has 4 rings (SSSR count). The SMILES string of the molecule is CCc1ccc(S(=O)(=O)N2CC[C@@H](NC(=O)c3cc(C4CC4)on3)C[C@H]2C)cc1. The molecule has 2 aliphatic rings. The summed E-state index contributed by atoms with van der Waals surface area (Å²) in [5.74, 6) is 0.923. The van der Waals surface area contributed by atoms with Crippen molar-refractivity contribution in [2.24, 2.45) is 0 Å². The molecule has 1 saturated heterocycles. The summed E-state index contributed by atoms with van der Waals surface area (Å²) in [6.45, 7) is 4.30. The van der Waals surface area contributed by atoms with E-state index in [0.717, 1.165) is 30.6 Å². The van der Waals surface area contributed by atoms with Crippen molar-refractivity contribution in [3.05, 3.63) is 47.3 Å². The maximum atomic E-state index is 13.0. The standard InChI is InChI=1S/C21H27N3O4S/c1-3-15-4-8-18(9-5-15)29(26,27)24-11-10-17(12-14(24)2)22-21(25)19-13-20(28-23-19)16-6-7-16/h4-5,8-9,13-14,16-17H,3,6-7,10-12H2,1-2H3,(H,22,25)/t14-,17-/m1/s1. The Balaban J connectivity index is 1.38. The van der Waals surface area contributed by atoms with Crippen LogP contribution in [0.5, 0.6) is 0 Å². The fourth-order valence-electron chi connectivity index (χ4n) is 3.89. The van der Waals surface area contributed by atoms with Gasteiger partial charge in [-0.2, -0.15) is 4.31 Å². The third kappa shape index (κ3) is 4.23. The van der Waals surface area contributed by atoms with Gasteiger partial charge in [-0.05, 0) is 56.7 Å². The normalized spacial score (nSPS) is 23.1. The molecule has 2 atom stereocenters. The van der Waals surface area contributed by atoms with Crippen LogP contribution in [0.3, 0.4) is 0 Å². The zero-order valence-electron chi connectivity index (χ0n) is 16.8. The summed E-state index contributed by atoms with van der Waals surface area (Å²) >= 11 is 0. The summed E-state index contributed by atoms with van der Waals surface area (Å²) in [6, 6.07) is 8.50. The van der Waals surface area contributed by atoms with Gasteiger partial charge >= 0.3 is 0 Å². The predicted molar refractivity (Wildman–Crippen MR) is 108 cm³/mol. The first-order valence-electron chi connectivity index (χ1n) is 10.3. The molecule has 1 aliphatic carbocycles. The van der Waals surface area contributed by atoms with Crippen LogP contribution in [0.15, 0.2) is 39.8 Å². The second-order valence-electron chi connectivity index (χ2n) is 8.05. The van der Waals surface area contributed by atoms with Gasteiger partial charge in [-0.3, -0.25) is 4.79 Å². The van der Waals surface area contributed by atoms with Crippen molar-refractivity contribution in [2.45, 2.75) is 68.8 Å². The fourth-order valence-corrected chi connectivity index (χ4v) is 5.54. The average molecular weight is 418 g/mol. The average Bonchev–Trinajstić information content (AvgIpc) is 3.44. The Morgan fingerprint density at radius 2 is 1.97 bits per heavy atom. The summed E-state index contributed by atoms with van der Waals surface area (Å²) in [4.78, 5) is 12.8. The van der Waals surface area contributed by atoms with E-state index < -0.39 is 10.0 Å². The molecule has 0 unspecified atom stereocenters. The molecule has 1 amide bonds. The van der Waals surface area contributed by atoms with Gasteiger partial charge in [0.15, 0.2) is 5.69 Å². The third-order valence-corrected chi connectivity index (χ3v) is 7.86. The van der Waals surface area contributed by atoms with E-state index in [-0.39, 0.29) is 18.0 Å². The smallest absolute Gasteiger partial charge is 0.273 e. The first-order valence-corrected chi connectivity index (χ1v) is 11.7. The molecule has 1 aliphatic heterocycles. The highest BCUT2D eigenvalue weighted by atomic mass is 32.2. The molecular weight excluding hydrogens is 390 g/mol. The van der Waals surface area contributed by atoms with Crippen LogP contribution in [0.1, 0.15) is 67.3 Å². The van der Waals surface area contributed by atoms with E-state index in [1.807, 2.05) is 26.0 Å². The number of sulfonamides is 1. The van der Waals surface area contributed by atoms with Gasteiger partial charge in [0.05, 0.1) is 4.90 Å².